The van der Waals surface area contributed by atoms with Crippen molar-refractivity contribution in [3.63, 3.8) is 0 Å². The standard InChI is InChI=1S/C18H23N3O/c1-15(2)13-21(14-17-6-4-10-20-12-17)18(22)8-7-16-5-3-9-19-11-16/h3-6,9-12,15H,7-8,13-14H2,1-2H3. The highest BCUT2D eigenvalue weighted by molar-refractivity contribution is 5.76. The first-order chi connectivity index (χ1) is 10.6. The molecule has 0 aliphatic carbocycles. The first-order valence-electron chi connectivity index (χ1n) is 7.70. The fourth-order valence-electron chi connectivity index (χ4n) is 2.36. The zero-order valence-electron chi connectivity index (χ0n) is 13.3. The van der Waals surface area contributed by atoms with Crippen molar-refractivity contribution in [2.75, 3.05) is 6.54 Å². The first-order valence-corrected chi connectivity index (χ1v) is 7.70. The van der Waals surface area contributed by atoms with Crippen LogP contribution in [0.5, 0.6) is 0 Å². The van der Waals surface area contributed by atoms with E-state index in [2.05, 4.69) is 23.8 Å². The summed E-state index contributed by atoms with van der Waals surface area (Å²) in [5.41, 5.74) is 2.17. The quantitative estimate of drug-likeness (QED) is 0.789. The molecule has 4 heteroatoms. The first kappa shape index (κ1) is 16.1. The molecular weight excluding hydrogens is 274 g/mol. The third-order valence-corrected chi connectivity index (χ3v) is 3.38. The zero-order chi connectivity index (χ0) is 15.8. The molecule has 4 nitrogen and oxygen atoms in total. The van der Waals surface area contributed by atoms with Gasteiger partial charge in [0.2, 0.25) is 5.91 Å². The van der Waals surface area contributed by atoms with Crippen LogP contribution < -0.4 is 0 Å². The molecule has 22 heavy (non-hydrogen) atoms. The Hall–Kier alpha value is -2.23. The van der Waals surface area contributed by atoms with Crippen LogP contribution in [0.15, 0.2) is 49.1 Å². The summed E-state index contributed by atoms with van der Waals surface area (Å²) in [6, 6.07) is 7.83. The lowest BCUT2D eigenvalue weighted by Gasteiger charge is -2.24. The van der Waals surface area contributed by atoms with Gasteiger partial charge in [0.05, 0.1) is 0 Å². The molecular formula is C18H23N3O. The number of carbonyl (C=O) groups is 1. The van der Waals surface area contributed by atoms with Gasteiger partial charge in [-0.2, -0.15) is 0 Å². The van der Waals surface area contributed by atoms with E-state index in [1.165, 1.54) is 0 Å². The molecule has 0 aromatic carbocycles. The highest BCUT2D eigenvalue weighted by atomic mass is 16.2. The largest absolute Gasteiger partial charge is 0.338 e. The molecule has 1 amide bonds. The van der Waals surface area contributed by atoms with Crippen molar-refractivity contribution >= 4 is 5.91 Å². The third kappa shape index (κ3) is 5.28. The van der Waals surface area contributed by atoms with Crippen LogP contribution >= 0.6 is 0 Å². The minimum atomic E-state index is 0.182. The van der Waals surface area contributed by atoms with Crippen LogP contribution in [0, 0.1) is 5.92 Å². The molecule has 0 spiro atoms. The van der Waals surface area contributed by atoms with Gasteiger partial charge in [0.1, 0.15) is 0 Å². The summed E-state index contributed by atoms with van der Waals surface area (Å²) in [7, 11) is 0. The van der Waals surface area contributed by atoms with Crippen LogP contribution in [0.25, 0.3) is 0 Å². The number of aromatic nitrogens is 2. The Morgan fingerprint density at radius 2 is 1.73 bits per heavy atom. The topological polar surface area (TPSA) is 46.1 Å². The number of hydrogen-bond donors (Lipinski definition) is 0. The van der Waals surface area contributed by atoms with Crippen LogP contribution in [0.1, 0.15) is 31.4 Å². The second-order valence-corrected chi connectivity index (χ2v) is 5.89. The Labute approximate surface area is 132 Å². The predicted molar refractivity (Wildman–Crippen MR) is 87.1 cm³/mol. The molecule has 0 fully saturated rings. The van der Waals surface area contributed by atoms with Crippen LogP contribution in [-0.4, -0.2) is 27.3 Å². The average Bonchev–Trinajstić information content (AvgIpc) is 2.53. The van der Waals surface area contributed by atoms with Gasteiger partial charge in [-0.25, -0.2) is 0 Å². The number of nitrogens with zero attached hydrogens (tertiary/aromatic N) is 3. The van der Waals surface area contributed by atoms with Gasteiger partial charge in [-0.3, -0.25) is 14.8 Å². The van der Waals surface area contributed by atoms with E-state index in [1.807, 2.05) is 41.6 Å². The normalized spacial score (nSPS) is 10.7. The van der Waals surface area contributed by atoms with Crippen molar-refractivity contribution < 1.29 is 4.79 Å². The molecule has 0 atom stereocenters. The Morgan fingerprint density at radius 1 is 1.09 bits per heavy atom. The Balaban J connectivity index is 1.96. The third-order valence-electron chi connectivity index (χ3n) is 3.38. The maximum atomic E-state index is 12.5. The van der Waals surface area contributed by atoms with E-state index in [9.17, 15) is 4.79 Å². The monoisotopic (exact) mass is 297 g/mol. The molecule has 0 saturated carbocycles. The summed E-state index contributed by atoms with van der Waals surface area (Å²) in [6.45, 7) is 5.65. The number of rotatable bonds is 7. The number of amides is 1. The van der Waals surface area contributed by atoms with Crippen molar-refractivity contribution in [2.45, 2.75) is 33.2 Å². The summed E-state index contributed by atoms with van der Waals surface area (Å²) in [5.74, 6) is 0.625. The fourth-order valence-corrected chi connectivity index (χ4v) is 2.36. The molecule has 0 radical (unpaired) electrons. The van der Waals surface area contributed by atoms with Gasteiger partial charge in [-0.1, -0.05) is 26.0 Å². The van der Waals surface area contributed by atoms with E-state index >= 15 is 0 Å². The van der Waals surface area contributed by atoms with Gasteiger partial charge in [-0.05, 0) is 35.6 Å². The van der Waals surface area contributed by atoms with Crippen LogP contribution in [-0.2, 0) is 17.8 Å². The van der Waals surface area contributed by atoms with Gasteiger partial charge >= 0.3 is 0 Å². The molecule has 2 aromatic rings. The SMILES string of the molecule is CC(C)CN(Cc1cccnc1)C(=O)CCc1cccnc1. The highest BCUT2D eigenvalue weighted by Crippen LogP contribution is 2.10. The zero-order valence-corrected chi connectivity index (χ0v) is 13.3. The van der Waals surface area contributed by atoms with Gasteiger partial charge in [0.25, 0.3) is 0 Å². The Morgan fingerprint density at radius 3 is 2.27 bits per heavy atom. The lowest BCUT2D eigenvalue weighted by molar-refractivity contribution is -0.132. The molecule has 0 saturated heterocycles. The number of carbonyl (C=O) groups excluding carboxylic acids is 1. The molecule has 2 rings (SSSR count). The average molecular weight is 297 g/mol. The maximum Gasteiger partial charge on any atom is 0.223 e. The molecule has 2 heterocycles. The highest BCUT2D eigenvalue weighted by Gasteiger charge is 2.15. The second kappa shape index (κ2) is 8.27. The molecule has 0 aliphatic heterocycles. The summed E-state index contributed by atoms with van der Waals surface area (Å²) in [6.07, 6.45) is 8.38. The molecule has 0 bridgehead atoms. The van der Waals surface area contributed by atoms with E-state index in [0.29, 0.717) is 18.9 Å². The summed E-state index contributed by atoms with van der Waals surface area (Å²) >= 11 is 0. The fraction of sp³-hybridized carbons (Fsp3) is 0.389. The molecule has 116 valence electrons. The Kier molecular flexibility index (Phi) is 6.07. The number of aryl methyl sites for hydroxylation is 1. The number of hydrogen-bond acceptors (Lipinski definition) is 3. The van der Waals surface area contributed by atoms with Gasteiger partial charge < -0.3 is 4.90 Å². The number of pyridine rings is 2. The lowest BCUT2D eigenvalue weighted by Crippen LogP contribution is -2.33. The minimum absolute atomic E-state index is 0.182. The van der Waals surface area contributed by atoms with Crippen molar-refractivity contribution in [1.82, 2.24) is 14.9 Å². The molecule has 0 unspecified atom stereocenters. The minimum Gasteiger partial charge on any atom is -0.338 e. The van der Waals surface area contributed by atoms with Crippen molar-refractivity contribution in [1.29, 1.82) is 0 Å². The van der Waals surface area contributed by atoms with E-state index in [1.54, 1.807) is 12.4 Å². The second-order valence-electron chi connectivity index (χ2n) is 5.89. The molecule has 0 aliphatic rings. The van der Waals surface area contributed by atoms with Crippen LogP contribution in [0.4, 0.5) is 0 Å². The maximum absolute atomic E-state index is 12.5. The molecule has 2 aromatic heterocycles. The smallest absolute Gasteiger partial charge is 0.223 e. The van der Waals surface area contributed by atoms with Crippen molar-refractivity contribution in [2.24, 2.45) is 5.92 Å². The summed E-state index contributed by atoms with van der Waals surface area (Å²) in [4.78, 5) is 22.7. The summed E-state index contributed by atoms with van der Waals surface area (Å²) < 4.78 is 0. The van der Waals surface area contributed by atoms with E-state index < -0.39 is 0 Å². The van der Waals surface area contributed by atoms with Gasteiger partial charge in [0, 0.05) is 44.3 Å². The predicted octanol–water partition coefficient (Wildman–Crippen LogP) is 3.09. The van der Waals surface area contributed by atoms with Crippen LogP contribution in [0.3, 0.4) is 0 Å². The van der Waals surface area contributed by atoms with E-state index in [4.69, 9.17) is 0 Å². The Bertz CT molecular complexity index is 569. The van der Waals surface area contributed by atoms with Crippen molar-refractivity contribution in [3.8, 4) is 0 Å². The van der Waals surface area contributed by atoms with Crippen LogP contribution in [0.2, 0.25) is 0 Å². The summed E-state index contributed by atoms with van der Waals surface area (Å²) in [5, 5.41) is 0. The van der Waals surface area contributed by atoms with Gasteiger partial charge in [-0.15, -0.1) is 0 Å². The van der Waals surface area contributed by atoms with Crippen molar-refractivity contribution in [3.05, 3.63) is 60.2 Å². The van der Waals surface area contributed by atoms with Gasteiger partial charge in [0.15, 0.2) is 0 Å². The lowest BCUT2D eigenvalue weighted by atomic mass is 10.1. The van der Waals surface area contributed by atoms with E-state index in [-0.39, 0.29) is 5.91 Å². The van der Waals surface area contributed by atoms with E-state index in [0.717, 1.165) is 24.1 Å². The molecule has 0 N–H and O–H groups in total.